The number of halogens is 3. The van der Waals surface area contributed by atoms with E-state index in [1.165, 1.54) is 30.3 Å². The Balaban J connectivity index is 1.63. The normalized spacial score (nSPS) is 10.5. The van der Waals surface area contributed by atoms with Crippen molar-refractivity contribution in [2.45, 2.75) is 6.61 Å². The maximum atomic E-state index is 12.2. The van der Waals surface area contributed by atoms with Gasteiger partial charge in [0.05, 0.1) is 20.0 Å². The standard InChI is InChI=1S/C18H11Cl3N2O5/c19-13-4-1-10(7-14(13)20)22-18(24)17-6-3-12(28-17)9-27-16-5-2-11(23(25)26)8-15(16)21/h1-8H,9H2,(H,22,24). The Morgan fingerprint density at radius 3 is 2.50 bits per heavy atom. The molecule has 0 aliphatic rings. The molecule has 10 heteroatoms. The average molecular weight is 442 g/mol. The van der Waals surface area contributed by atoms with E-state index in [0.29, 0.717) is 21.5 Å². The van der Waals surface area contributed by atoms with Crippen LogP contribution in [0, 0.1) is 10.1 Å². The summed E-state index contributed by atoms with van der Waals surface area (Å²) >= 11 is 17.7. The van der Waals surface area contributed by atoms with Gasteiger partial charge >= 0.3 is 0 Å². The van der Waals surface area contributed by atoms with Crippen molar-refractivity contribution in [1.29, 1.82) is 0 Å². The third kappa shape index (κ3) is 4.75. The number of nitrogens with zero attached hydrogens (tertiary/aromatic N) is 1. The van der Waals surface area contributed by atoms with Crippen LogP contribution in [0.15, 0.2) is 52.9 Å². The van der Waals surface area contributed by atoms with Gasteiger partial charge in [0.2, 0.25) is 0 Å². The van der Waals surface area contributed by atoms with Crippen LogP contribution in [0.25, 0.3) is 0 Å². The van der Waals surface area contributed by atoms with Gasteiger partial charge < -0.3 is 14.5 Å². The zero-order chi connectivity index (χ0) is 20.3. The van der Waals surface area contributed by atoms with Crippen molar-refractivity contribution < 1.29 is 18.9 Å². The lowest BCUT2D eigenvalue weighted by molar-refractivity contribution is -0.384. The van der Waals surface area contributed by atoms with Crippen LogP contribution in [0.5, 0.6) is 5.75 Å². The molecular formula is C18H11Cl3N2O5. The van der Waals surface area contributed by atoms with E-state index >= 15 is 0 Å². The second-order valence-electron chi connectivity index (χ2n) is 5.51. The van der Waals surface area contributed by atoms with Crippen LogP contribution < -0.4 is 10.1 Å². The van der Waals surface area contributed by atoms with Gasteiger partial charge in [-0.2, -0.15) is 0 Å². The number of ether oxygens (including phenoxy) is 1. The van der Waals surface area contributed by atoms with Crippen LogP contribution >= 0.6 is 34.8 Å². The van der Waals surface area contributed by atoms with Crippen LogP contribution in [-0.4, -0.2) is 10.8 Å². The Morgan fingerprint density at radius 2 is 1.82 bits per heavy atom. The minimum atomic E-state index is -0.555. The summed E-state index contributed by atoms with van der Waals surface area (Å²) in [6, 6.07) is 11.6. The fourth-order valence-corrected chi connectivity index (χ4v) is 2.74. The smallest absolute Gasteiger partial charge is 0.291 e. The number of furan rings is 1. The van der Waals surface area contributed by atoms with Gasteiger partial charge in [-0.1, -0.05) is 34.8 Å². The second kappa shape index (κ2) is 8.52. The molecule has 144 valence electrons. The lowest BCUT2D eigenvalue weighted by Crippen LogP contribution is -2.10. The van der Waals surface area contributed by atoms with Gasteiger partial charge in [0.25, 0.3) is 11.6 Å². The van der Waals surface area contributed by atoms with Crippen molar-refractivity contribution in [3.63, 3.8) is 0 Å². The number of hydrogen-bond donors (Lipinski definition) is 1. The Hall–Kier alpha value is -2.74. The molecule has 1 amide bonds. The van der Waals surface area contributed by atoms with Gasteiger partial charge in [-0.3, -0.25) is 14.9 Å². The van der Waals surface area contributed by atoms with Crippen molar-refractivity contribution >= 4 is 52.1 Å². The summed E-state index contributed by atoms with van der Waals surface area (Å²) in [6.45, 7) is -0.0163. The monoisotopic (exact) mass is 440 g/mol. The highest BCUT2D eigenvalue weighted by Crippen LogP contribution is 2.29. The molecule has 1 N–H and O–H groups in total. The second-order valence-corrected chi connectivity index (χ2v) is 6.73. The SMILES string of the molecule is O=C(Nc1ccc(Cl)c(Cl)c1)c1ccc(COc2ccc([N+](=O)[O-])cc2Cl)o1. The molecule has 0 atom stereocenters. The third-order valence-corrected chi connectivity index (χ3v) is 4.59. The number of hydrogen-bond acceptors (Lipinski definition) is 5. The van der Waals surface area contributed by atoms with E-state index in [0.717, 1.165) is 0 Å². The number of nitro groups is 1. The number of anilines is 1. The van der Waals surface area contributed by atoms with E-state index in [2.05, 4.69) is 5.32 Å². The molecule has 0 saturated carbocycles. The number of non-ortho nitro benzene ring substituents is 1. The third-order valence-electron chi connectivity index (χ3n) is 3.56. The molecule has 0 radical (unpaired) electrons. The first-order valence-electron chi connectivity index (χ1n) is 7.75. The average Bonchev–Trinajstić information content (AvgIpc) is 3.13. The summed E-state index contributed by atoms with van der Waals surface area (Å²) in [7, 11) is 0. The van der Waals surface area contributed by atoms with E-state index in [1.807, 2.05) is 0 Å². The predicted octanol–water partition coefficient (Wildman–Crippen LogP) is 5.98. The summed E-state index contributed by atoms with van der Waals surface area (Å²) < 4.78 is 10.9. The van der Waals surface area contributed by atoms with Crippen LogP contribution in [0.4, 0.5) is 11.4 Å². The zero-order valence-electron chi connectivity index (χ0n) is 13.9. The summed E-state index contributed by atoms with van der Waals surface area (Å²) in [5, 5.41) is 14.1. The van der Waals surface area contributed by atoms with Gasteiger partial charge in [0, 0.05) is 17.8 Å². The molecule has 1 aromatic heterocycles. The summed E-state index contributed by atoms with van der Waals surface area (Å²) in [5.41, 5.74) is 0.322. The summed E-state index contributed by atoms with van der Waals surface area (Å²) in [5.74, 6) is 0.219. The summed E-state index contributed by atoms with van der Waals surface area (Å²) in [6.07, 6.45) is 0. The van der Waals surface area contributed by atoms with Crippen LogP contribution in [-0.2, 0) is 6.61 Å². The predicted molar refractivity (Wildman–Crippen MR) is 106 cm³/mol. The maximum Gasteiger partial charge on any atom is 0.291 e. The number of amides is 1. The summed E-state index contributed by atoms with van der Waals surface area (Å²) in [4.78, 5) is 22.4. The fraction of sp³-hybridized carbons (Fsp3) is 0.0556. The first kappa shape index (κ1) is 20.0. The maximum absolute atomic E-state index is 12.2. The number of rotatable bonds is 6. The van der Waals surface area contributed by atoms with Gasteiger partial charge in [0.15, 0.2) is 5.76 Å². The number of benzene rings is 2. The molecule has 0 spiro atoms. The molecule has 0 saturated heterocycles. The minimum Gasteiger partial charge on any atom is -0.484 e. The number of carbonyl (C=O) groups excluding carboxylic acids is 1. The van der Waals surface area contributed by atoms with Crippen molar-refractivity contribution in [2.75, 3.05) is 5.32 Å². The topological polar surface area (TPSA) is 94.6 Å². The van der Waals surface area contributed by atoms with E-state index in [4.69, 9.17) is 44.0 Å². The van der Waals surface area contributed by atoms with E-state index in [-0.39, 0.29) is 28.8 Å². The highest BCUT2D eigenvalue weighted by Gasteiger charge is 2.14. The Bertz CT molecular complexity index is 1050. The molecule has 0 fully saturated rings. The largest absolute Gasteiger partial charge is 0.484 e. The molecule has 2 aromatic carbocycles. The molecule has 0 aliphatic heterocycles. The quantitative estimate of drug-likeness (QED) is 0.375. The van der Waals surface area contributed by atoms with Crippen molar-refractivity contribution in [2.24, 2.45) is 0 Å². The lowest BCUT2D eigenvalue weighted by atomic mass is 10.3. The molecule has 3 rings (SSSR count). The van der Waals surface area contributed by atoms with Crippen LogP contribution in [0.2, 0.25) is 15.1 Å². The molecule has 7 nitrogen and oxygen atoms in total. The van der Waals surface area contributed by atoms with Crippen molar-refractivity contribution in [3.8, 4) is 5.75 Å². The molecule has 1 heterocycles. The number of nitrogens with one attached hydrogen (secondary N) is 1. The minimum absolute atomic E-state index is 0.0163. The lowest BCUT2D eigenvalue weighted by Gasteiger charge is -2.06. The first-order valence-corrected chi connectivity index (χ1v) is 8.89. The Kier molecular flexibility index (Phi) is 6.08. The highest BCUT2D eigenvalue weighted by molar-refractivity contribution is 6.42. The highest BCUT2D eigenvalue weighted by atomic mass is 35.5. The molecule has 28 heavy (non-hydrogen) atoms. The van der Waals surface area contributed by atoms with Crippen LogP contribution in [0.3, 0.4) is 0 Å². The van der Waals surface area contributed by atoms with Crippen molar-refractivity contribution in [3.05, 3.63) is 85.2 Å². The van der Waals surface area contributed by atoms with Crippen LogP contribution in [0.1, 0.15) is 16.3 Å². The number of nitro benzene ring substituents is 1. The molecule has 0 unspecified atom stereocenters. The molecule has 0 bridgehead atoms. The zero-order valence-corrected chi connectivity index (χ0v) is 16.2. The molecule has 3 aromatic rings. The molecular weight excluding hydrogens is 431 g/mol. The van der Waals surface area contributed by atoms with Gasteiger partial charge in [-0.15, -0.1) is 0 Å². The molecule has 0 aliphatic carbocycles. The van der Waals surface area contributed by atoms with E-state index in [1.54, 1.807) is 18.2 Å². The van der Waals surface area contributed by atoms with E-state index < -0.39 is 10.8 Å². The Morgan fingerprint density at radius 1 is 1.04 bits per heavy atom. The van der Waals surface area contributed by atoms with Crippen molar-refractivity contribution in [1.82, 2.24) is 0 Å². The van der Waals surface area contributed by atoms with Gasteiger partial charge in [-0.25, -0.2) is 0 Å². The first-order chi connectivity index (χ1) is 13.3. The Labute approximate surface area is 173 Å². The number of carbonyl (C=O) groups is 1. The fourth-order valence-electron chi connectivity index (χ4n) is 2.21. The van der Waals surface area contributed by atoms with E-state index in [9.17, 15) is 14.9 Å². The van der Waals surface area contributed by atoms with Gasteiger partial charge in [0.1, 0.15) is 18.1 Å². The van der Waals surface area contributed by atoms with Gasteiger partial charge in [-0.05, 0) is 36.4 Å².